The van der Waals surface area contributed by atoms with Gasteiger partial charge in [0.2, 0.25) is 5.88 Å². The van der Waals surface area contributed by atoms with E-state index in [0.717, 1.165) is 5.56 Å². The minimum atomic E-state index is 0.313. The molecular weight excluding hydrogens is 280 g/mol. The topological polar surface area (TPSA) is 22.1 Å². The maximum atomic E-state index is 5.90. The zero-order valence-corrected chi connectivity index (χ0v) is 10.9. The van der Waals surface area contributed by atoms with Crippen molar-refractivity contribution in [3.63, 3.8) is 0 Å². The normalized spacial score (nSPS) is 10.3. The number of hydrogen-bond acceptors (Lipinski definition) is 2. The van der Waals surface area contributed by atoms with Crippen LogP contribution in [-0.2, 0) is 5.88 Å². The van der Waals surface area contributed by atoms with Crippen molar-refractivity contribution in [2.24, 2.45) is 0 Å². The van der Waals surface area contributed by atoms with Gasteiger partial charge in [-0.15, -0.1) is 11.6 Å². The summed E-state index contributed by atoms with van der Waals surface area (Å²) in [5.41, 5.74) is 0.778. The molecule has 17 heavy (non-hydrogen) atoms. The van der Waals surface area contributed by atoms with Crippen LogP contribution >= 0.6 is 34.8 Å². The van der Waals surface area contributed by atoms with Gasteiger partial charge in [0.1, 0.15) is 5.75 Å². The van der Waals surface area contributed by atoms with Gasteiger partial charge in [-0.2, -0.15) is 0 Å². The molecule has 5 heteroatoms. The third-order valence-corrected chi connectivity index (χ3v) is 2.94. The summed E-state index contributed by atoms with van der Waals surface area (Å²) < 4.78 is 5.54. The molecular formula is C12H8Cl3NO. The molecule has 1 aromatic carbocycles. The van der Waals surface area contributed by atoms with Crippen molar-refractivity contribution in [3.05, 3.63) is 52.1 Å². The second-order valence-corrected chi connectivity index (χ2v) is 4.42. The van der Waals surface area contributed by atoms with Crippen molar-refractivity contribution < 1.29 is 4.74 Å². The van der Waals surface area contributed by atoms with Crippen molar-refractivity contribution in [2.45, 2.75) is 5.88 Å². The molecule has 0 unspecified atom stereocenters. The molecule has 0 aliphatic heterocycles. The maximum absolute atomic E-state index is 5.90. The van der Waals surface area contributed by atoms with E-state index in [9.17, 15) is 0 Å². The number of pyridine rings is 1. The van der Waals surface area contributed by atoms with Gasteiger partial charge in [0.05, 0.1) is 5.02 Å². The van der Waals surface area contributed by atoms with Crippen LogP contribution in [0.15, 0.2) is 36.5 Å². The molecule has 2 rings (SSSR count). The average Bonchev–Trinajstić information content (AvgIpc) is 2.32. The summed E-state index contributed by atoms with van der Waals surface area (Å²) in [5, 5.41) is 1.13. The number of rotatable bonds is 3. The van der Waals surface area contributed by atoms with Crippen LogP contribution in [0.5, 0.6) is 11.6 Å². The minimum absolute atomic E-state index is 0.313. The predicted molar refractivity (Wildman–Crippen MR) is 70.3 cm³/mol. The molecule has 0 atom stereocenters. The van der Waals surface area contributed by atoms with Crippen molar-refractivity contribution in [1.82, 2.24) is 4.98 Å². The van der Waals surface area contributed by atoms with Gasteiger partial charge in [0, 0.05) is 23.2 Å². The molecule has 0 fully saturated rings. The zero-order chi connectivity index (χ0) is 12.3. The van der Waals surface area contributed by atoms with Gasteiger partial charge < -0.3 is 4.74 Å². The van der Waals surface area contributed by atoms with E-state index in [1.165, 1.54) is 6.20 Å². The Kier molecular flexibility index (Phi) is 4.11. The Labute approximate surface area is 114 Å². The Hall–Kier alpha value is -0.960. The van der Waals surface area contributed by atoms with Crippen LogP contribution < -0.4 is 4.74 Å². The molecule has 1 heterocycles. The van der Waals surface area contributed by atoms with E-state index in [2.05, 4.69) is 4.98 Å². The molecule has 2 aromatic rings. The number of hydrogen-bond donors (Lipinski definition) is 0. The fourth-order valence-electron chi connectivity index (χ4n) is 1.27. The van der Waals surface area contributed by atoms with E-state index in [1.54, 1.807) is 30.3 Å². The van der Waals surface area contributed by atoms with E-state index in [-0.39, 0.29) is 0 Å². The maximum Gasteiger partial charge on any atom is 0.219 e. The summed E-state index contributed by atoms with van der Waals surface area (Å²) >= 11 is 17.5. The Bertz CT molecular complexity index is 531. The third kappa shape index (κ3) is 3.25. The number of benzene rings is 1. The molecule has 0 N–H and O–H groups in total. The molecule has 0 spiro atoms. The largest absolute Gasteiger partial charge is 0.439 e. The standard InChI is InChI=1S/C12H8Cl3NO/c13-6-8-4-12(16-7-11(8)15)17-10-3-1-2-9(14)5-10/h1-5,7H,6H2. The molecule has 88 valence electrons. The zero-order valence-electron chi connectivity index (χ0n) is 8.66. The summed E-state index contributed by atoms with van der Waals surface area (Å²) in [5.74, 6) is 1.37. The number of nitrogens with zero attached hydrogens (tertiary/aromatic N) is 1. The fraction of sp³-hybridized carbons (Fsp3) is 0.0833. The van der Waals surface area contributed by atoms with Crippen molar-refractivity contribution in [2.75, 3.05) is 0 Å². The molecule has 1 aromatic heterocycles. The Morgan fingerprint density at radius 1 is 1.18 bits per heavy atom. The molecule has 2 nitrogen and oxygen atoms in total. The van der Waals surface area contributed by atoms with Gasteiger partial charge in [0.15, 0.2) is 0 Å². The molecule has 0 bridgehead atoms. The Balaban J connectivity index is 2.24. The second kappa shape index (κ2) is 5.58. The smallest absolute Gasteiger partial charge is 0.219 e. The molecule has 0 amide bonds. The molecule has 0 aliphatic rings. The Morgan fingerprint density at radius 3 is 2.71 bits per heavy atom. The second-order valence-electron chi connectivity index (χ2n) is 3.31. The fourth-order valence-corrected chi connectivity index (χ4v) is 1.91. The Morgan fingerprint density at radius 2 is 2.00 bits per heavy atom. The molecule has 0 aliphatic carbocycles. The molecule has 0 saturated carbocycles. The van der Waals surface area contributed by atoms with E-state index in [1.807, 2.05) is 0 Å². The van der Waals surface area contributed by atoms with Crippen LogP contribution in [0.4, 0.5) is 0 Å². The van der Waals surface area contributed by atoms with Crippen molar-refractivity contribution in [1.29, 1.82) is 0 Å². The van der Waals surface area contributed by atoms with E-state index in [4.69, 9.17) is 39.5 Å². The van der Waals surface area contributed by atoms with Gasteiger partial charge in [-0.25, -0.2) is 4.98 Å². The van der Waals surface area contributed by atoms with Crippen LogP contribution in [0.2, 0.25) is 10.0 Å². The molecule has 0 saturated heterocycles. The number of ether oxygens (including phenoxy) is 1. The highest BCUT2D eigenvalue weighted by Gasteiger charge is 2.04. The number of aromatic nitrogens is 1. The van der Waals surface area contributed by atoms with Gasteiger partial charge in [-0.05, 0) is 23.8 Å². The summed E-state index contributed by atoms with van der Waals surface area (Å²) in [6.07, 6.45) is 1.51. The van der Waals surface area contributed by atoms with Crippen LogP contribution in [0.25, 0.3) is 0 Å². The van der Waals surface area contributed by atoms with Crippen LogP contribution in [0, 0.1) is 0 Å². The average molecular weight is 289 g/mol. The first kappa shape index (κ1) is 12.5. The number of halogens is 3. The van der Waals surface area contributed by atoms with E-state index >= 15 is 0 Å². The first-order valence-electron chi connectivity index (χ1n) is 4.83. The highest BCUT2D eigenvalue weighted by molar-refractivity contribution is 6.32. The monoisotopic (exact) mass is 287 g/mol. The summed E-state index contributed by atoms with van der Waals surface area (Å²) in [4.78, 5) is 4.06. The highest BCUT2D eigenvalue weighted by atomic mass is 35.5. The quantitative estimate of drug-likeness (QED) is 0.748. The number of alkyl halides is 1. The lowest BCUT2D eigenvalue weighted by Gasteiger charge is -2.06. The van der Waals surface area contributed by atoms with Gasteiger partial charge >= 0.3 is 0 Å². The van der Waals surface area contributed by atoms with E-state index in [0.29, 0.717) is 27.6 Å². The predicted octanol–water partition coefficient (Wildman–Crippen LogP) is 4.92. The van der Waals surface area contributed by atoms with E-state index < -0.39 is 0 Å². The lowest BCUT2D eigenvalue weighted by molar-refractivity contribution is 0.462. The van der Waals surface area contributed by atoms with Gasteiger partial charge in [-0.3, -0.25) is 0 Å². The van der Waals surface area contributed by atoms with Crippen molar-refractivity contribution in [3.8, 4) is 11.6 Å². The summed E-state index contributed by atoms with van der Waals surface area (Å²) in [6.45, 7) is 0. The third-order valence-electron chi connectivity index (χ3n) is 2.07. The SMILES string of the molecule is ClCc1cc(Oc2cccc(Cl)c2)ncc1Cl. The lowest BCUT2D eigenvalue weighted by atomic mass is 10.3. The first-order valence-corrected chi connectivity index (χ1v) is 6.12. The summed E-state index contributed by atoms with van der Waals surface area (Å²) in [6, 6.07) is 8.78. The van der Waals surface area contributed by atoms with Crippen LogP contribution in [0.1, 0.15) is 5.56 Å². The van der Waals surface area contributed by atoms with Crippen molar-refractivity contribution >= 4 is 34.8 Å². The lowest BCUT2D eigenvalue weighted by Crippen LogP contribution is -1.90. The van der Waals surface area contributed by atoms with Crippen LogP contribution in [-0.4, -0.2) is 4.98 Å². The van der Waals surface area contributed by atoms with Gasteiger partial charge in [0.25, 0.3) is 0 Å². The van der Waals surface area contributed by atoms with Crippen LogP contribution in [0.3, 0.4) is 0 Å². The molecule has 0 radical (unpaired) electrons. The summed E-state index contributed by atoms with van der Waals surface area (Å²) in [7, 11) is 0. The first-order chi connectivity index (χ1) is 8.19. The highest BCUT2D eigenvalue weighted by Crippen LogP contribution is 2.26. The van der Waals surface area contributed by atoms with Gasteiger partial charge in [-0.1, -0.05) is 29.3 Å². The minimum Gasteiger partial charge on any atom is -0.439 e.